The highest BCUT2D eigenvalue weighted by atomic mass is 32.1. The molecule has 1 aliphatic carbocycles. The van der Waals surface area contributed by atoms with Crippen LogP contribution in [0.4, 0.5) is 5.13 Å². The molecule has 2 heterocycles. The summed E-state index contributed by atoms with van der Waals surface area (Å²) in [6, 6.07) is 0. The van der Waals surface area contributed by atoms with Gasteiger partial charge in [0, 0.05) is 25.1 Å². The van der Waals surface area contributed by atoms with Crippen LogP contribution in [-0.4, -0.2) is 36.4 Å². The molecule has 2 unspecified atom stereocenters. The minimum atomic E-state index is -0.352. The van der Waals surface area contributed by atoms with E-state index in [0.29, 0.717) is 6.10 Å². The Balaban J connectivity index is 1.71. The molecule has 1 fully saturated rings. The molecule has 0 bridgehead atoms. The van der Waals surface area contributed by atoms with Crippen LogP contribution in [0.3, 0.4) is 0 Å². The summed E-state index contributed by atoms with van der Waals surface area (Å²) in [5, 5.41) is 11.0. The Morgan fingerprint density at radius 2 is 2.33 bits per heavy atom. The highest BCUT2D eigenvalue weighted by Gasteiger charge is 2.25. The van der Waals surface area contributed by atoms with Crippen molar-refractivity contribution in [1.82, 2.24) is 4.98 Å². The molecule has 2 atom stereocenters. The lowest BCUT2D eigenvalue weighted by molar-refractivity contribution is 0.116. The van der Waals surface area contributed by atoms with Crippen LogP contribution in [0.2, 0.25) is 0 Å². The Bertz CT molecular complexity index is 415. The maximum Gasteiger partial charge on any atom is 0.185 e. The van der Waals surface area contributed by atoms with Crippen molar-refractivity contribution in [3.8, 4) is 0 Å². The minimum absolute atomic E-state index is 0.348. The number of aliphatic hydroxyl groups is 1. The van der Waals surface area contributed by atoms with Crippen LogP contribution in [0.5, 0.6) is 0 Å². The maximum atomic E-state index is 9.94. The normalized spacial score (nSPS) is 27.2. The molecule has 1 aromatic heterocycles. The number of aryl methyl sites for hydroxylation is 1. The quantitative estimate of drug-likeness (QED) is 0.912. The fourth-order valence-corrected chi connectivity index (χ4v) is 3.85. The molecule has 100 valence electrons. The van der Waals surface area contributed by atoms with E-state index < -0.39 is 0 Å². The van der Waals surface area contributed by atoms with Gasteiger partial charge in [0.2, 0.25) is 0 Å². The van der Waals surface area contributed by atoms with Gasteiger partial charge in [0.05, 0.1) is 17.9 Å². The monoisotopic (exact) mass is 268 g/mol. The molecule has 3 rings (SSSR count). The van der Waals surface area contributed by atoms with E-state index in [1.165, 1.54) is 11.3 Å². The van der Waals surface area contributed by atoms with E-state index in [-0.39, 0.29) is 6.10 Å². The van der Waals surface area contributed by atoms with Gasteiger partial charge in [0.1, 0.15) is 0 Å². The zero-order valence-electron chi connectivity index (χ0n) is 10.8. The van der Waals surface area contributed by atoms with Gasteiger partial charge >= 0.3 is 0 Å². The predicted molar refractivity (Wildman–Crippen MR) is 72.3 cm³/mol. The third-order valence-corrected chi connectivity index (χ3v) is 4.99. The molecule has 4 nitrogen and oxygen atoms in total. The summed E-state index contributed by atoms with van der Waals surface area (Å²) in [6.07, 6.45) is 5.31. The van der Waals surface area contributed by atoms with Crippen molar-refractivity contribution in [3.05, 3.63) is 10.6 Å². The molecular weight excluding hydrogens is 248 g/mol. The maximum absolute atomic E-state index is 9.94. The number of nitrogens with zero attached hydrogens (tertiary/aromatic N) is 2. The van der Waals surface area contributed by atoms with Gasteiger partial charge in [-0.3, -0.25) is 0 Å². The molecule has 0 saturated carbocycles. The van der Waals surface area contributed by atoms with Crippen molar-refractivity contribution in [3.63, 3.8) is 0 Å². The molecule has 2 aliphatic rings. The number of anilines is 1. The molecule has 1 aliphatic heterocycles. The van der Waals surface area contributed by atoms with E-state index in [0.717, 1.165) is 49.7 Å². The molecule has 0 radical (unpaired) electrons. The molecule has 1 N–H and O–H groups in total. The summed E-state index contributed by atoms with van der Waals surface area (Å²) in [5.74, 6) is 0. The third-order valence-electron chi connectivity index (χ3n) is 3.74. The first kappa shape index (κ1) is 12.4. The van der Waals surface area contributed by atoms with Gasteiger partial charge in [-0.25, -0.2) is 4.98 Å². The molecule has 18 heavy (non-hydrogen) atoms. The van der Waals surface area contributed by atoms with Crippen molar-refractivity contribution < 1.29 is 9.84 Å². The lowest BCUT2D eigenvalue weighted by Crippen LogP contribution is -2.28. The van der Waals surface area contributed by atoms with Crippen molar-refractivity contribution >= 4 is 16.5 Å². The average Bonchev–Trinajstić information content (AvgIpc) is 2.97. The number of aliphatic hydroxyl groups excluding tert-OH is 1. The minimum Gasteiger partial charge on any atom is -0.387 e. The Morgan fingerprint density at radius 3 is 3.06 bits per heavy atom. The average molecular weight is 268 g/mol. The Kier molecular flexibility index (Phi) is 3.54. The topological polar surface area (TPSA) is 45.6 Å². The number of hydrogen-bond donors (Lipinski definition) is 1. The van der Waals surface area contributed by atoms with Crippen LogP contribution in [0.25, 0.3) is 0 Å². The highest BCUT2D eigenvalue weighted by molar-refractivity contribution is 7.15. The molecule has 1 saturated heterocycles. The number of likely N-dealkylation sites (N-methyl/N-ethyl adjacent to an activating group) is 1. The standard InChI is InChI=1S/C13H20N2O2S/c1-15(8-9-4-3-7-17-9)13-14-12-10(16)5-2-6-11(12)18-13/h9-10,16H,2-8H2,1H3. The van der Waals surface area contributed by atoms with E-state index in [2.05, 4.69) is 16.9 Å². The second-order valence-corrected chi connectivity index (χ2v) is 6.29. The molecule has 0 aromatic carbocycles. The van der Waals surface area contributed by atoms with Gasteiger partial charge in [-0.2, -0.15) is 0 Å². The van der Waals surface area contributed by atoms with Crippen LogP contribution in [-0.2, 0) is 11.2 Å². The number of hydrogen-bond acceptors (Lipinski definition) is 5. The van der Waals surface area contributed by atoms with Gasteiger partial charge in [-0.15, -0.1) is 11.3 Å². The van der Waals surface area contributed by atoms with Crippen LogP contribution in [0.1, 0.15) is 42.4 Å². The van der Waals surface area contributed by atoms with Gasteiger partial charge in [0.25, 0.3) is 0 Å². The van der Waals surface area contributed by atoms with E-state index in [4.69, 9.17) is 4.74 Å². The smallest absolute Gasteiger partial charge is 0.185 e. The molecule has 0 amide bonds. The van der Waals surface area contributed by atoms with Gasteiger partial charge in [-0.1, -0.05) is 0 Å². The number of rotatable bonds is 3. The fourth-order valence-electron chi connectivity index (χ4n) is 2.72. The zero-order valence-corrected chi connectivity index (χ0v) is 11.6. The third kappa shape index (κ3) is 2.39. The summed E-state index contributed by atoms with van der Waals surface area (Å²) in [4.78, 5) is 8.05. The lowest BCUT2D eigenvalue weighted by Gasteiger charge is -2.19. The Morgan fingerprint density at radius 1 is 1.44 bits per heavy atom. The second kappa shape index (κ2) is 5.15. The predicted octanol–water partition coefficient (Wildman–Crippen LogP) is 2.13. The summed E-state index contributed by atoms with van der Waals surface area (Å²) < 4.78 is 5.65. The summed E-state index contributed by atoms with van der Waals surface area (Å²) >= 11 is 1.73. The van der Waals surface area contributed by atoms with E-state index in [9.17, 15) is 5.11 Å². The first-order valence-corrected chi connectivity index (χ1v) is 7.56. The number of fused-ring (bicyclic) bond motifs is 1. The van der Waals surface area contributed by atoms with Crippen molar-refractivity contribution in [1.29, 1.82) is 0 Å². The molecular formula is C13H20N2O2S. The van der Waals surface area contributed by atoms with Crippen LogP contribution >= 0.6 is 11.3 Å². The van der Waals surface area contributed by atoms with Crippen LogP contribution < -0.4 is 4.90 Å². The molecule has 0 spiro atoms. The summed E-state index contributed by atoms with van der Waals surface area (Å²) in [6.45, 7) is 1.80. The van der Waals surface area contributed by atoms with Gasteiger partial charge in [0.15, 0.2) is 5.13 Å². The van der Waals surface area contributed by atoms with E-state index in [1.54, 1.807) is 11.3 Å². The summed E-state index contributed by atoms with van der Waals surface area (Å²) in [5.41, 5.74) is 0.917. The van der Waals surface area contributed by atoms with Crippen LogP contribution in [0.15, 0.2) is 0 Å². The van der Waals surface area contributed by atoms with Gasteiger partial charge < -0.3 is 14.7 Å². The Hall–Kier alpha value is -0.650. The second-order valence-electron chi connectivity index (χ2n) is 5.23. The van der Waals surface area contributed by atoms with Crippen molar-refractivity contribution in [2.75, 3.05) is 25.1 Å². The highest BCUT2D eigenvalue weighted by Crippen LogP contribution is 2.36. The van der Waals surface area contributed by atoms with Crippen molar-refractivity contribution in [2.45, 2.75) is 44.3 Å². The fraction of sp³-hybridized carbons (Fsp3) is 0.769. The van der Waals surface area contributed by atoms with E-state index in [1.807, 2.05) is 0 Å². The van der Waals surface area contributed by atoms with Crippen molar-refractivity contribution in [2.24, 2.45) is 0 Å². The number of thiazole rings is 1. The number of aromatic nitrogens is 1. The molecule has 5 heteroatoms. The first-order chi connectivity index (χ1) is 8.74. The first-order valence-electron chi connectivity index (χ1n) is 6.74. The van der Waals surface area contributed by atoms with Crippen LogP contribution in [0, 0.1) is 0 Å². The lowest BCUT2D eigenvalue weighted by atomic mass is 10.0. The summed E-state index contributed by atoms with van der Waals surface area (Å²) in [7, 11) is 2.07. The van der Waals surface area contributed by atoms with E-state index >= 15 is 0 Å². The Labute approximate surface area is 112 Å². The van der Waals surface area contributed by atoms with Gasteiger partial charge in [-0.05, 0) is 32.1 Å². The molecule has 1 aromatic rings. The largest absolute Gasteiger partial charge is 0.387 e. The zero-order chi connectivity index (χ0) is 12.5. The SMILES string of the molecule is CN(CC1CCCO1)c1nc2c(s1)CCCC2O. The number of ether oxygens (including phenoxy) is 1.